The SMILES string of the molecule is CC.COCC12CC3=C(C=C1CCN(Sc1ccc(C)cc1)C2)N3.Nc1ccc(P)cc1. The van der Waals surface area contributed by atoms with Crippen LogP contribution in [-0.4, -0.2) is 31.1 Å². The Morgan fingerprint density at radius 2 is 1.81 bits per heavy atom. The van der Waals surface area contributed by atoms with Gasteiger partial charge in [-0.25, -0.2) is 4.31 Å². The molecule has 6 heteroatoms. The molecule has 4 nitrogen and oxygen atoms in total. The second-order valence-electron chi connectivity index (χ2n) is 8.26. The zero-order valence-corrected chi connectivity index (χ0v) is 21.6. The van der Waals surface area contributed by atoms with E-state index in [0.717, 1.165) is 38.2 Å². The molecule has 5 rings (SSSR count). The van der Waals surface area contributed by atoms with E-state index in [2.05, 4.69) is 56.1 Å². The summed E-state index contributed by atoms with van der Waals surface area (Å²) in [6, 6.07) is 16.5. The first kappa shape index (κ1) is 24.9. The Balaban J connectivity index is 0.000000244. The molecule has 0 bridgehead atoms. The maximum atomic E-state index is 5.60. The number of nitrogen functional groups attached to an aromatic ring is 1. The van der Waals surface area contributed by atoms with Gasteiger partial charge in [-0.2, -0.15) is 0 Å². The number of nitrogens with one attached hydrogen (secondary N) is 1. The number of rotatable bonds is 4. The van der Waals surface area contributed by atoms with E-state index < -0.39 is 0 Å². The Kier molecular flexibility index (Phi) is 8.84. The molecule has 0 aromatic heterocycles. The van der Waals surface area contributed by atoms with Crippen molar-refractivity contribution in [2.45, 2.75) is 38.5 Å². The number of methoxy groups -OCH3 is 1. The zero-order valence-electron chi connectivity index (χ0n) is 19.7. The highest BCUT2D eigenvalue weighted by Crippen LogP contribution is 2.49. The Labute approximate surface area is 200 Å². The molecule has 1 saturated heterocycles. The lowest BCUT2D eigenvalue weighted by Crippen LogP contribution is -2.45. The highest BCUT2D eigenvalue weighted by molar-refractivity contribution is 7.97. The first-order valence-electron chi connectivity index (χ1n) is 11.3. The third-order valence-electron chi connectivity index (χ3n) is 5.79. The summed E-state index contributed by atoms with van der Waals surface area (Å²) >= 11 is 1.88. The molecule has 0 radical (unpaired) electrons. The molecule has 3 aliphatic rings. The van der Waals surface area contributed by atoms with E-state index in [1.165, 1.54) is 27.2 Å². The number of aryl methyl sites for hydroxylation is 1. The Morgan fingerprint density at radius 3 is 2.44 bits per heavy atom. The standard InChI is InChI=1S/C18H22N2OS.C6H8NP.C2H6/c1-13-3-5-15(6-4-13)22-20-8-7-14-9-16-17(19-16)10-18(14,11-20)12-21-2;7-5-1-3-6(8)4-2-5;1-2/h3-6,9,19H,7-8,10-12H2,1-2H3;1-4H,7-8H2;1-2H3. The maximum absolute atomic E-state index is 5.60. The molecule has 32 heavy (non-hydrogen) atoms. The third-order valence-corrected chi connectivity index (χ3v) is 7.22. The van der Waals surface area contributed by atoms with Crippen molar-refractivity contribution in [3.8, 4) is 0 Å². The highest BCUT2D eigenvalue weighted by atomic mass is 32.2. The van der Waals surface area contributed by atoms with E-state index >= 15 is 0 Å². The Hall–Kier alpha value is -1.78. The van der Waals surface area contributed by atoms with Crippen molar-refractivity contribution in [2.24, 2.45) is 5.41 Å². The second-order valence-corrected chi connectivity index (χ2v) is 10.1. The number of nitrogens with two attached hydrogens (primary N) is 1. The Bertz CT molecular complexity index is 935. The van der Waals surface area contributed by atoms with Gasteiger partial charge in [0.2, 0.25) is 0 Å². The second kappa shape index (κ2) is 11.4. The smallest absolute Gasteiger partial charge is 0.0578 e. The van der Waals surface area contributed by atoms with Gasteiger partial charge in [-0.1, -0.05) is 49.2 Å². The number of piperidine rings is 1. The molecule has 2 aliphatic heterocycles. The van der Waals surface area contributed by atoms with Crippen molar-refractivity contribution in [1.29, 1.82) is 0 Å². The number of allylic oxidation sites excluding steroid dienone is 2. The molecule has 2 aromatic rings. The average Bonchev–Trinajstić information content (AvgIpc) is 3.55. The largest absolute Gasteiger partial charge is 0.399 e. The van der Waals surface area contributed by atoms with E-state index in [0.29, 0.717) is 0 Å². The quantitative estimate of drug-likeness (QED) is 0.362. The average molecular weight is 470 g/mol. The molecule has 2 atom stereocenters. The lowest BCUT2D eigenvalue weighted by atomic mass is 9.72. The molecule has 0 amide bonds. The predicted octanol–water partition coefficient (Wildman–Crippen LogP) is 5.28. The minimum absolute atomic E-state index is 0.160. The molecule has 0 saturated carbocycles. The monoisotopic (exact) mass is 469 g/mol. The van der Waals surface area contributed by atoms with Crippen LogP contribution in [0.1, 0.15) is 32.3 Å². The van der Waals surface area contributed by atoms with Crippen molar-refractivity contribution >= 4 is 32.2 Å². The van der Waals surface area contributed by atoms with Crippen molar-refractivity contribution in [3.05, 3.63) is 77.1 Å². The molecule has 0 spiro atoms. The van der Waals surface area contributed by atoms with Crippen molar-refractivity contribution in [3.63, 3.8) is 0 Å². The summed E-state index contributed by atoms with van der Waals surface area (Å²) in [4.78, 5) is 1.32. The third kappa shape index (κ3) is 6.39. The van der Waals surface area contributed by atoms with Crippen LogP contribution >= 0.6 is 21.2 Å². The Morgan fingerprint density at radius 1 is 1.12 bits per heavy atom. The molecule has 2 aromatic carbocycles. The van der Waals surface area contributed by atoms with Crippen LogP contribution in [0.25, 0.3) is 0 Å². The fourth-order valence-corrected chi connectivity index (χ4v) is 5.36. The van der Waals surface area contributed by atoms with Gasteiger partial charge in [-0.3, -0.25) is 0 Å². The van der Waals surface area contributed by atoms with Crippen LogP contribution in [0.3, 0.4) is 0 Å². The van der Waals surface area contributed by atoms with Crippen molar-refractivity contribution in [2.75, 3.05) is 32.5 Å². The summed E-state index contributed by atoms with van der Waals surface area (Å²) in [5.74, 6) is 0. The van der Waals surface area contributed by atoms with E-state index in [1.807, 2.05) is 57.2 Å². The van der Waals surface area contributed by atoms with E-state index in [9.17, 15) is 0 Å². The van der Waals surface area contributed by atoms with Crippen LogP contribution in [0.5, 0.6) is 0 Å². The van der Waals surface area contributed by atoms with Crippen LogP contribution < -0.4 is 16.4 Å². The first-order valence-corrected chi connectivity index (χ1v) is 12.6. The number of hydrogen-bond donors (Lipinski definition) is 2. The van der Waals surface area contributed by atoms with Gasteiger partial charge in [-0.05, 0) is 60.9 Å². The van der Waals surface area contributed by atoms with Crippen molar-refractivity contribution < 1.29 is 4.74 Å². The summed E-state index contributed by atoms with van der Waals surface area (Å²) in [5, 5.41) is 4.58. The van der Waals surface area contributed by atoms with Crippen LogP contribution in [-0.2, 0) is 4.74 Å². The number of hydrogen-bond acceptors (Lipinski definition) is 5. The van der Waals surface area contributed by atoms with Gasteiger partial charge in [0.15, 0.2) is 0 Å². The summed E-state index contributed by atoms with van der Waals surface area (Å²) in [5.41, 5.74) is 12.1. The summed E-state index contributed by atoms with van der Waals surface area (Å²) in [6.07, 6.45) is 4.61. The lowest BCUT2D eigenvalue weighted by molar-refractivity contribution is 0.0760. The predicted molar refractivity (Wildman–Crippen MR) is 142 cm³/mol. The highest BCUT2D eigenvalue weighted by Gasteiger charge is 2.46. The minimum Gasteiger partial charge on any atom is -0.399 e. The fourth-order valence-electron chi connectivity index (χ4n) is 4.12. The fraction of sp³-hybridized carbons (Fsp3) is 0.385. The minimum atomic E-state index is 0.160. The molecule has 1 aliphatic carbocycles. The molecule has 172 valence electrons. The molecule has 1 fully saturated rings. The molecular formula is C26H36N3OPS. The van der Waals surface area contributed by atoms with Gasteiger partial charge >= 0.3 is 0 Å². The van der Waals surface area contributed by atoms with Gasteiger partial charge in [-0.15, -0.1) is 9.24 Å². The zero-order chi connectivity index (χ0) is 23.1. The van der Waals surface area contributed by atoms with E-state index in [-0.39, 0.29) is 5.41 Å². The lowest BCUT2D eigenvalue weighted by Gasteiger charge is -2.44. The first-order chi connectivity index (χ1) is 15.5. The molecule has 3 N–H and O–H groups in total. The molecule has 2 unspecified atom stereocenters. The van der Waals surface area contributed by atoms with Gasteiger partial charge < -0.3 is 15.8 Å². The van der Waals surface area contributed by atoms with E-state index in [1.54, 1.807) is 5.57 Å². The van der Waals surface area contributed by atoms with Gasteiger partial charge in [0.25, 0.3) is 0 Å². The normalized spacial score (nSPS) is 21.0. The van der Waals surface area contributed by atoms with Crippen LogP contribution in [0, 0.1) is 12.3 Å². The van der Waals surface area contributed by atoms with Crippen LogP contribution in [0.2, 0.25) is 0 Å². The summed E-state index contributed by atoms with van der Waals surface area (Å²) < 4.78 is 8.10. The number of fused-ring (bicyclic) bond motifs is 1. The topological polar surface area (TPSA) is 60.4 Å². The van der Waals surface area contributed by atoms with Gasteiger partial charge in [0.05, 0.1) is 12.3 Å². The van der Waals surface area contributed by atoms with Crippen LogP contribution in [0.15, 0.2) is 76.5 Å². The summed E-state index contributed by atoms with van der Waals surface area (Å²) in [7, 11) is 4.42. The number of anilines is 1. The number of nitrogens with zero attached hydrogens (tertiary/aromatic N) is 1. The van der Waals surface area contributed by atoms with E-state index in [4.69, 9.17) is 10.5 Å². The molecular weight excluding hydrogens is 433 g/mol. The number of benzene rings is 2. The van der Waals surface area contributed by atoms with Gasteiger partial charge in [0.1, 0.15) is 0 Å². The maximum Gasteiger partial charge on any atom is 0.0578 e. The molecule has 2 heterocycles. The van der Waals surface area contributed by atoms with Gasteiger partial charge in [0, 0.05) is 48.3 Å². The van der Waals surface area contributed by atoms with Crippen molar-refractivity contribution in [1.82, 2.24) is 9.62 Å². The summed E-state index contributed by atoms with van der Waals surface area (Å²) in [6.45, 7) is 9.11. The number of ether oxygens (including phenoxy) is 1. The van der Waals surface area contributed by atoms with Crippen LogP contribution in [0.4, 0.5) is 5.69 Å².